The highest BCUT2D eigenvalue weighted by molar-refractivity contribution is 6.02. The van der Waals surface area contributed by atoms with Crippen molar-refractivity contribution in [2.24, 2.45) is 0 Å². The molecule has 3 N–H and O–H groups in total. The van der Waals surface area contributed by atoms with E-state index in [1.165, 1.54) is 5.01 Å². The molecule has 0 saturated carbocycles. The van der Waals surface area contributed by atoms with Gasteiger partial charge in [-0.05, 0) is 67.1 Å². The Bertz CT molecular complexity index is 1130. The van der Waals surface area contributed by atoms with Crippen molar-refractivity contribution >= 4 is 11.6 Å². The molecule has 0 aliphatic carbocycles. The number of ether oxygens (including phenoxy) is 1. The Balaban J connectivity index is 1.43. The third-order valence-electron chi connectivity index (χ3n) is 6.32. The predicted octanol–water partition coefficient (Wildman–Crippen LogP) is 1.91. The van der Waals surface area contributed by atoms with Crippen molar-refractivity contribution < 1.29 is 14.6 Å². The lowest BCUT2D eigenvalue weighted by Gasteiger charge is -2.40. The molecule has 0 radical (unpaired) electrons. The van der Waals surface area contributed by atoms with Crippen LogP contribution in [-0.2, 0) is 11.2 Å². The Hall–Kier alpha value is -3.27. The minimum absolute atomic E-state index is 0.176. The van der Waals surface area contributed by atoms with Crippen LogP contribution in [0.3, 0.4) is 0 Å². The molecule has 166 valence electrons. The van der Waals surface area contributed by atoms with Gasteiger partial charge in [-0.1, -0.05) is 6.07 Å². The number of anilines is 1. The van der Waals surface area contributed by atoms with Crippen LogP contribution in [0.1, 0.15) is 39.0 Å². The lowest BCUT2D eigenvalue weighted by Crippen LogP contribution is -2.61. The van der Waals surface area contributed by atoms with Crippen LogP contribution < -0.4 is 11.0 Å². The molecule has 0 bridgehead atoms. The van der Waals surface area contributed by atoms with Gasteiger partial charge < -0.3 is 15.3 Å². The van der Waals surface area contributed by atoms with Crippen LogP contribution in [0.25, 0.3) is 5.82 Å². The number of carbonyl (C=O) groups is 1. The molecule has 4 heterocycles. The number of benzene rings is 1. The molecule has 1 fully saturated rings. The Kier molecular flexibility index (Phi) is 5.38. The van der Waals surface area contributed by atoms with Crippen molar-refractivity contribution in [3.8, 4) is 5.82 Å². The Morgan fingerprint density at radius 2 is 2.16 bits per heavy atom. The van der Waals surface area contributed by atoms with Gasteiger partial charge in [0.2, 0.25) is 0 Å². The fourth-order valence-electron chi connectivity index (χ4n) is 4.27. The van der Waals surface area contributed by atoms with E-state index in [0.29, 0.717) is 31.6 Å². The molecule has 2 atom stereocenters. The number of fused-ring (bicyclic) bond motifs is 1. The summed E-state index contributed by atoms with van der Waals surface area (Å²) in [7, 11) is 0. The van der Waals surface area contributed by atoms with Crippen molar-refractivity contribution in [1.29, 1.82) is 0 Å². The van der Waals surface area contributed by atoms with Gasteiger partial charge >= 0.3 is 0 Å². The van der Waals surface area contributed by atoms with Crippen LogP contribution in [0.5, 0.6) is 0 Å². The molecule has 0 unspecified atom stereocenters. The maximum absolute atomic E-state index is 13.3. The number of carbonyl (C=O) groups excluding carboxylic acids is 1. The normalized spacial score (nSPS) is 20.7. The van der Waals surface area contributed by atoms with E-state index in [-0.39, 0.29) is 5.91 Å². The van der Waals surface area contributed by atoms with Gasteiger partial charge in [-0.25, -0.2) is 14.7 Å². The van der Waals surface area contributed by atoms with E-state index in [4.69, 9.17) is 4.74 Å². The minimum atomic E-state index is -0.631. The third kappa shape index (κ3) is 3.64. The number of nitrogens with zero attached hydrogens (tertiary/aromatic N) is 4. The molecular formula is C23H26N6O3. The zero-order chi connectivity index (χ0) is 22.2. The number of rotatable bonds is 4. The number of hydrazine groups is 2. The van der Waals surface area contributed by atoms with Crippen molar-refractivity contribution in [3.05, 3.63) is 70.7 Å². The Labute approximate surface area is 186 Å². The summed E-state index contributed by atoms with van der Waals surface area (Å²) < 4.78 is 7.20. The van der Waals surface area contributed by atoms with Gasteiger partial charge in [-0.15, -0.1) is 5.53 Å². The first kappa shape index (κ1) is 20.6. The second-order valence-electron chi connectivity index (χ2n) is 8.27. The largest absolute Gasteiger partial charge is 0.391 e. The average Bonchev–Trinajstić information content (AvgIpc) is 3.34. The molecule has 9 nitrogen and oxygen atoms in total. The van der Waals surface area contributed by atoms with Gasteiger partial charge in [0.05, 0.1) is 30.0 Å². The fraction of sp³-hybridized carbons (Fsp3) is 0.348. The zero-order valence-corrected chi connectivity index (χ0v) is 18.1. The number of aliphatic hydroxyl groups is 1. The molecule has 1 saturated heterocycles. The van der Waals surface area contributed by atoms with Gasteiger partial charge in [-0.3, -0.25) is 4.79 Å². The highest BCUT2D eigenvalue weighted by Crippen LogP contribution is 2.32. The van der Waals surface area contributed by atoms with Crippen LogP contribution in [0, 0.1) is 13.8 Å². The van der Waals surface area contributed by atoms with E-state index in [2.05, 4.69) is 28.0 Å². The quantitative estimate of drug-likeness (QED) is 0.576. The van der Waals surface area contributed by atoms with Gasteiger partial charge in [0.15, 0.2) is 5.82 Å². The smallest absolute Gasteiger partial charge is 0.271 e. The summed E-state index contributed by atoms with van der Waals surface area (Å²) >= 11 is 0. The SMILES string of the molecule is Cc1c(Cc2ccc(-n3cccn3)nc2)cc2c(c1C)NNN([C@H]1COCC[C@@H]1O)C2=O. The summed E-state index contributed by atoms with van der Waals surface area (Å²) in [4.78, 5) is 17.9. The Morgan fingerprint density at radius 3 is 2.88 bits per heavy atom. The zero-order valence-electron chi connectivity index (χ0n) is 18.1. The molecule has 5 rings (SSSR count). The fourth-order valence-corrected chi connectivity index (χ4v) is 4.27. The molecule has 1 aromatic carbocycles. The number of hydrogen-bond donors (Lipinski definition) is 3. The molecule has 0 spiro atoms. The van der Waals surface area contributed by atoms with Crippen molar-refractivity contribution in [2.75, 3.05) is 18.6 Å². The first-order chi connectivity index (χ1) is 15.5. The van der Waals surface area contributed by atoms with Crippen molar-refractivity contribution in [3.63, 3.8) is 0 Å². The van der Waals surface area contributed by atoms with Crippen molar-refractivity contribution in [2.45, 2.75) is 38.8 Å². The number of hydrogen-bond acceptors (Lipinski definition) is 7. The lowest BCUT2D eigenvalue weighted by molar-refractivity contribution is -0.0642. The number of pyridine rings is 1. The molecule has 2 aliphatic rings. The summed E-state index contributed by atoms with van der Waals surface area (Å²) in [6, 6.07) is 7.32. The average molecular weight is 435 g/mol. The maximum Gasteiger partial charge on any atom is 0.271 e. The number of amides is 1. The van der Waals surface area contributed by atoms with Crippen molar-refractivity contribution in [1.82, 2.24) is 25.3 Å². The molecular weight excluding hydrogens is 408 g/mol. The van der Waals surface area contributed by atoms with Crippen LogP contribution in [0.2, 0.25) is 0 Å². The van der Waals surface area contributed by atoms with E-state index in [1.54, 1.807) is 10.9 Å². The van der Waals surface area contributed by atoms with Crippen LogP contribution in [-0.4, -0.2) is 56.1 Å². The summed E-state index contributed by atoms with van der Waals surface area (Å²) in [5.74, 6) is 0.580. The van der Waals surface area contributed by atoms with Crippen LogP contribution in [0.4, 0.5) is 5.69 Å². The minimum Gasteiger partial charge on any atom is -0.391 e. The topological polar surface area (TPSA) is 105 Å². The number of aliphatic hydroxyl groups excluding tert-OH is 1. The molecule has 32 heavy (non-hydrogen) atoms. The highest BCUT2D eigenvalue weighted by atomic mass is 16.5. The first-order valence-corrected chi connectivity index (χ1v) is 10.7. The number of nitrogens with one attached hydrogen (secondary N) is 2. The van der Waals surface area contributed by atoms with Gasteiger partial charge in [0.25, 0.3) is 5.91 Å². The van der Waals surface area contributed by atoms with Crippen LogP contribution in [0.15, 0.2) is 42.9 Å². The highest BCUT2D eigenvalue weighted by Gasteiger charge is 2.37. The molecule has 1 amide bonds. The summed E-state index contributed by atoms with van der Waals surface area (Å²) in [6.07, 6.45) is 5.94. The monoisotopic (exact) mass is 434 g/mol. The van der Waals surface area contributed by atoms with E-state index < -0.39 is 12.1 Å². The predicted molar refractivity (Wildman–Crippen MR) is 118 cm³/mol. The standard InChI is InChI=1S/C23H26N6O3/c1-14-15(2)22-18(23(31)29(27-26-22)19-13-32-9-6-20(19)30)11-17(14)10-16-4-5-21(24-12-16)28-8-3-7-25-28/h3-5,7-8,11-12,19-20,26-27,30H,6,9-10,13H2,1-2H3/t19-,20-/m0/s1. The van der Waals surface area contributed by atoms with E-state index >= 15 is 0 Å². The van der Waals surface area contributed by atoms with E-state index in [9.17, 15) is 9.90 Å². The molecule has 9 heteroatoms. The van der Waals surface area contributed by atoms with Crippen LogP contribution >= 0.6 is 0 Å². The van der Waals surface area contributed by atoms with E-state index in [1.807, 2.05) is 43.6 Å². The van der Waals surface area contributed by atoms with E-state index in [0.717, 1.165) is 33.8 Å². The number of aromatic nitrogens is 3. The third-order valence-corrected chi connectivity index (χ3v) is 6.32. The maximum atomic E-state index is 13.3. The van der Waals surface area contributed by atoms with Gasteiger partial charge in [-0.2, -0.15) is 5.10 Å². The van der Waals surface area contributed by atoms with Gasteiger partial charge in [0, 0.05) is 25.2 Å². The second-order valence-corrected chi connectivity index (χ2v) is 8.27. The lowest BCUT2D eigenvalue weighted by atomic mass is 9.92. The molecule has 2 aliphatic heterocycles. The molecule has 3 aromatic rings. The van der Waals surface area contributed by atoms with Gasteiger partial charge in [0.1, 0.15) is 0 Å². The summed E-state index contributed by atoms with van der Waals surface area (Å²) in [6.45, 7) is 4.86. The first-order valence-electron chi connectivity index (χ1n) is 10.7. The summed E-state index contributed by atoms with van der Waals surface area (Å²) in [5, 5.41) is 16.0. The Morgan fingerprint density at radius 1 is 1.28 bits per heavy atom. The molecule has 2 aromatic heterocycles. The summed E-state index contributed by atoms with van der Waals surface area (Å²) in [5.41, 5.74) is 11.7. The second kappa shape index (κ2) is 8.34.